The van der Waals surface area contributed by atoms with Gasteiger partial charge in [-0.25, -0.2) is 0 Å². The first-order valence-electron chi connectivity index (χ1n) is 9.22. The van der Waals surface area contributed by atoms with Crippen LogP contribution in [0, 0.1) is 0 Å². The molecular formula is C20H23N5O3. The summed E-state index contributed by atoms with van der Waals surface area (Å²) in [6.45, 7) is 5.50. The van der Waals surface area contributed by atoms with Crippen molar-refractivity contribution >= 4 is 5.91 Å². The van der Waals surface area contributed by atoms with E-state index in [0.717, 1.165) is 17.1 Å². The predicted molar refractivity (Wildman–Crippen MR) is 104 cm³/mol. The summed E-state index contributed by atoms with van der Waals surface area (Å²) < 4.78 is 12.7. The Morgan fingerprint density at radius 2 is 1.86 bits per heavy atom. The summed E-state index contributed by atoms with van der Waals surface area (Å²) in [7, 11) is 0. The number of hydrogen-bond donors (Lipinski definition) is 1. The highest BCUT2D eigenvalue weighted by Crippen LogP contribution is 2.28. The minimum absolute atomic E-state index is 0.179. The van der Waals surface area contributed by atoms with E-state index in [1.165, 1.54) is 11.0 Å². The highest BCUT2D eigenvalue weighted by Gasteiger charge is 2.13. The number of benzene rings is 2. The summed E-state index contributed by atoms with van der Waals surface area (Å²) in [5, 5.41) is 14.1. The maximum Gasteiger partial charge on any atom is 0.253 e. The van der Waals surface area contributed by atoms with Crippen LogP contribution in [0.5, 0.6) is 11.5 Å². The zero-order chi connectivity index (χ0) is 19.8. The molecule has 0 saturated heterocycles. The van der Waals surface area contributed by atoms with E-state index < -0.39 is 0 Å². The molecule has 0 aliphatic carbocycles. The van der Waals surface area contributed by atoms with E-state index in [9.17, 15) is 4.79 Å². The van der Waals surface area contributed by atoms with Gasteiger partial charge in [-0.3, -0.25) is 4.79 Å². The first-order chi connectivity index (χ1) is 13.7. The molecular weight excluding hydrogens is 358 g/mol. The molecule has 8 nitrogen and oxygen atoms in total. The van der Waals surface area contributed by atoms with Crippen molar-refractivity contribution < 1.29 is 14.3 Å². The molecule has 0 aliphatic heterocycles. The Morgan fingerprint density at radius 1 is 1.07 bits per heavy atom. The number of carbonyl (C=O) groups is 1. The fourth-order valence-corrected chi connectivity index (χ4v) is 2.80. The van der Waals surface area contributed by atoms with Crippen molar-refractivity contribution in [2.75, 3.05) is 19.8 Å². The summed E-state index contributed by atoms with van der Waals surface area (Å²) in [6.07, 6.45) is 2.13. The van der Waals surface area contributed by atoms with Crippen LogP contribution < -0.4 is 14.8 Å². The molecule has 1 heterocycles. The first kappa shape index (κ1) is 19.3. The van der Waals surface area contributed by atoms with E-state index in [4.69, 9.17) is 9.47 Å². The second-order valence-corrected chi connectivity index (χ2v) is 5.92. The molecule has 1 amide bonds. The summed E-state index contributed by atoms with van der Waals surface area (Å²) >= 11 is 0. The zero-order valence-corrected chi connectivity index (χ0v) is 16.0. The number of tetrazole rings is 1. The SMILES string of the molecule is CCOc1ccc(CCNC(=O)c2ccccc2-n2cnnn2)cc1OCC. The molecule has 146 valence electrons. The van der Waals surface area contributed by atoms with Gasteiger partial charge in [-0.2, -0.15) is 4.68 Å². The Labute approximate surface area is 163 Å². The van der Waals surface area contributed by atoms with E-state index in [-0.39, 0.29) is 5.91 Å². The number of nitrogens with one attached hydrogen (secondary N) is 1. The third-order valence-corrected chi connectivity index (χ3v) is 4.05. The number of aromatic nitrogens is 4. The van der Waals surface area contributed by atoms with Crippen LogP contribution in [-0.2, 0) is 6.42 Å². The Kier molecular flexibility index (Phi) is 6.56. The van der Waals surface area contributed by atoms with Crippen molar-refractivity contribution in [1.82, 2.24) is 25.5 Å². The Hall–Kier alpha value is -3.42. The lowest BCUT2D eigenvalue weighted by Crippen LogP contribution is -2.27. The summed E-state index contributed by atoms with van der Waals surface area (Å²) in [5.74, 6) is 1.27. The van der Waals surface area contributed by atoms with Crippen LogP contribution >= 0.6 is 0 Å². The molecule has 3 rings (SSSR count). The third kappa shape index (κ3) is 4.64. The molecule has 0 atom stereocenters. The molecule has 0 bridgehead atoms. The predicted octanol–water partition coefficient (Wildman–Crippen LogP) is 2.43. The summed E-state index contributed by atoms with van der Waals surface area (Å²) in [4.78, 5) is 12.6. The second-order valence-electron chi connectivity index (χ2n) is 5.92. The van der Waals surface area contributed by atoms with Crippen molar-refractivity contribution in [3.63, 3.8) is 0 Å². The lowest BCUT2D eigenvalue weighted by atomic mass is 10.1. The monoisotopic (exact) mass is 381 g/mol. The van der Waals surface area contributed by atoms with E-state index in [0.29, 0.717) is 37.4 Å². The van der Waals surface area contributed by atoms with Gasteiger partial charge in [0.25, 0.3) is 5.91 Å². The minimum atomic E-state index is -0.179. The molecule has 0 spiro atoms. The van der Waals surface area contributed by atoms with Crippen LogP contribution in [-0.4, -0.2) is 45.9 Å². The molecule has 2 aromatic carbocycles. The lowest BCUT2D eigenvalue weighted by Gasteiger charge is -2.13. The van der Waals surface area contributed by atoms with Gasteiger partial charge in [0.05, 0.1) is 24.5 Å². The molecule has 1 N–H and O–H groups in total. The Morgan fingerprint density at radius 3 is 2.61 bits per heavy atom. The smallest absolute Gasteiger partial charge is 0.253 e. The number of amides is 1. The topological polar surface area (TPSA) is 91.2 Å². The fourth-order valence-electron chi connectivity index (χ4n) is 2.80. The van der Waals surface area contributed by atoms with Crippen molar-refractivity contribution in [1.29, 1.82) is 0 Å². The molecule has 0 aliphatic rings. The van der Waals surface area contributed by atoms with Crippen LogP contribution in [0.25, 0.3) is 5.69 Å². The molecule has 3 aromatic rings. The summed E-state index contributed by atoms with van der Waals surface area (Å²) in [5.41, 5.74) is 2.20. The molecule has 8 heteroatoms. The number of para-hydroxylation sites is 1. The Bertz CT molecular complexity index is 912. The highest BCUT2D eigenvalue weighted by molar-refractivity contribution is 5.97. The molecule has 1 aromatic heterocycles. The van der Waals surface area contributed by atoms with Crippen LogP contribution in [0.1, 0.15) is 29.8 Å². The number of carbonyl (C=O) groups excluding carboxylic acids is 1. The zero-order valence-electron chi connectivity index (χ0n) is 16.0. The fraction of sp³-hybridized carbons (Fsp3) is 0.300. The van der Waals surface area contributed by atoms with Gasteiger partial charge in [-0.05, 0) is 60.5 Å². The molecule has 0 radical (unpaired) electrons. The third-order valence-electron chi connectivity index (χ3n) is 4.05. The first-order valence-corrected chi connectivity index (χ1v) is 9.22. The van der Waals surface area contributed by atoms with Gasteiger partial charge in [0.1, 0.15) is 6.33 Å². The standard InChI is InChI=1S/C20H23N5O3/c1-3-27-18-10-9-15(13-19(18)28-4-2)11-12-21-20(26)16-7-5-6-8-17(16)25-14-22-23-24-25/h5-10,13-14H,3-4,11-12H2,1-2H3,(H,21,26). The van der Waals surface area contributed by atoms with Crippen LogP contribution in [0.4, 0.5) is 0 Å². The van der Waals surface area contributed by atoms with E-state index >= 15 is 0 Å². The van der Waals surface area contributed by atoms with Crippen molar-refractivity contribution in [2.45, 2.75) is 20.3 Å². The molecule has 0 unspecified atom stereocenters. The molecule has 0 saturated carbocycles. The second kappa shape index (κ2) is 9.50. The quantitative estimate of drug-likeness (QED) is 0.612. The van der Waals surface area contributed by atoms with Gasteiger partial charge < -0.3 is 14.8 Å². The maximum atomic E-state index is 12.6. The number of hydrogen-bond acceptors (Lipinski definition) is 6. The van der Waals surface area contributed by atoms with Gasteiger partial charge >= 0.3 is 0 Å². The largest absolute Gasteiger partial charge is 0.490 e. The van der Waals surface area contributed by atoms with Crippen molar-refractivity contribution in [3.8, 4) is 17.2 Å². The minimum Gasteiger partial charge on any atom is -0.490 e. The van der Waals surface area contributed by atoms with Crippen LogP contribution in [0.2, 0.25) is 0 Å². The molecule has 28 heavy (non-hydrogen) atoms. The van der Waals surface area contributed by atoms with Gasteiger partial charge in [0, 0.05) is 6.54 Å². The maximum absolute atomic E-state index is 12.6. The van der Waals surface area contributed by atoms with E-state index in [2.05, 4.69) is 20.8 Å². The average Bonchev–Trinajstić information content (AvgIpc) is 3.25. The van der Waals surface area contributed by atoms with Crippen LogP contribution in [0.3, 0.4) is 0 Å². The van der Waals surface area contributed by atoms with Crippen molar-refractivity contribution in [2.24, 2.45) is 0 Å². The Balaban J connectivity index is 1.64. The summed E-state index contributed by atoms with van der Waals surface area (Å²) in [6, 6.07) is 13.0. The highest BCUT2D eigenvalue weighted by atomic mass is 16.5. The van der Waals surface area contributed by atoms with Gasteiger partial charge in [0.15, 0.2) is 11.5 Å². The lowest BCUT2D eigenvalue weighted by molar-refractivity contribution is 0.0954. The van der Waals surface area contributed by atoms with Crippen LogP contribution in [0.15, 0.2) is 48.8 Å². The normalized spacial score (nSPS) is 10.5. The van der Waals surface area contributed by atoms with Gasteiger partial charge in [-0.15, -0.1) is 5.10 Å². The average molecular weight is 381 g/mol. The van der Waals surface area contributed by atoms with Crippen molar-refractivity contribution in [3.05, 3.63) is 59.9 Å². The van der Waals surface area contributed by atoms with Gasteiger partial charge in [-0.1, -0.05) is 18.2 Å². The number of ether oxygens (including phenoxy) is 2. The number of nitrogens with zero attached hydrogens (tertiary/aromatic N) is 4. The van der Waals surface area contributed by atoms with E-state index in [1.807, 2.05) is 44.2 Å². The van der Waals surface area contributed by atoms with Gasteiger partial charge in [0.2, 0.25) is 0 Å². The molecule has 0 fully saturated rings. The van der Waals surface area contributed by atoms with E-state index in [1.54, 1.807) is 12.1 Å². The number of rotatable bonds is 9.